The number of hydrogen-bond acceptors (Lipinski definition) is 3. The molecule has 0 aromatic heterocycles. The van der Waals surface area contributed by atoms with Crippen LogP contribution in [0.1, 0.15) is 44.7 Å². The first-order valence-electron chi connectivity index (χ1n) is 10.6. The van der Waals surface area contributed by atoms with Gasteiger partial charge in [-0.1, -0.05) is 12.1 Å². The Morgan fingerprint density at radius 2 is 1.48 bits per heavy atom. The minimum absolute atomic E-state index is 0.0943. The Labute approximate surface area is 190 Å². The molecule has 33 heavy (non-hydrogen) atoms. The van der Waals surface area contributed by atoms with Crippen molar-refractivity contribution in [3.63, 3.8) is 0 Å². The van der Waals surface area contributed by atoms with E-state index in [1.165, 1.54) is 17.0 Å². The number of halogens is 3. The van der Waals surface area contributed by atoms with Crippen molar-refractivity contribution in [2.75, 3.05) is 27.2 Å². The highest BCUT2D eigenvalue weighted by molar-refractivity contribution is 5.94. The Balaban J connectivity index is 1.48. The van der Waals surface area contributed by atoms with E-state index in [0.29, 0.717) is 38.0 Å². The largest absolute Gasteiger partial charge is 0.416 e. The van der Waals surface area contributed by atoms with Crippen LogP contribution >= 0.6 is 0 Å². The van der Waals surface area contributed by atoms with E-state index in [9.17, 15) is 27.6 Å². The van der Waals surface area contributed by atoms with Crippen molar-refractivity contribution in [1.29, 1.82) is 0 Å². The van der Waals surface area contributed by atoms with Crippen molar-refractivity contribution < 1.29 is 27.6 Å². The molecule has 0 saturated carbocycles. The fraction of sp³-hybridized carbons (Fsp3) is 0.375. The molecule has 0 unspecified atom stereocenters. The Hall–Kier alpha value is -3.36. The van der Waals surface area contributed by atoms with Crippen molar-refractivity contribution in [2.24, 2.45) is 5.92 Å². The summed E-state index contributed by atoms with van der Waals surface area (Å²) in [7, 11) is 3.36. The van der Waals surface area contributed by atoms with Crippen molar-refractivity contribution in [3.05, 3.63) is 70.8 Å². The number of benzene rings is 2. The van der Waals surface area contributed by atoms with Crippen molar-refractivity contribution in [3.8, 4) is 0 Å². The summed E-state index contributed by atoms with van der Waals surface area (Å²) < 4.78 is 38.1. The Morgan fingerprint density at radius 1 is 0.939 bits per heavy atom. The lowest BCUT2D eigenvalue weighted by atomic mass is 9.95. The van der Waals surface area contributed by atoms with Crippen LogP contribution in [-0.4, -0.2) is 54.7 Å². The van der Waals surface area contributed by atoms with E-state index >= 15 is 0 Å². The van der Waals surface area contributed by atoms with Crippen LogP contribution in [0.3, 0.4) is 0 Å². The molecule has 1 aliphatic rings. The molecule has 176 valence electrons. The van der Waals surface area contributed by atoms with Crippen LogP contribution in [-0.2, 0) is 17.5 Å². The number of carbonyl (C=O) groups excluding carboxylic acids is 3. The number of piperidine rings is 1. The van der Waals surface area contributed by atoms with Crippen LogP contribution in [0.4, 0.5) is 13.2 Å². The third-order valence-electron chi connectivity index (χ3n) is 5.69. The summed E-state index contributed by atoms with van der Waals surface area (Å²) in [5, 5.41) is 2.89. The molecule has 9 heteroatoms. The summed E-state index contributed by atoms with van der Waals surface area (Å²) >= 11 is 0. The van der Waals surface area contributed by atoms with Gasteiger partial charge in [-0.25, -0.2) is 0 Å². The Morgan fingerprint density at radius 3 is 2.00 bits per heavy atom. The van der Waals surface area contributed by atoms with Gasteiger partial charge in [0.05, 0.1) is 5.56 Å². The predicted molar refractivity (Wildman–Crippen MR) is 116 cm³/mol. The van der Waals surface area contributed by atoms with Crippen LogP contribution in [0.25, 0.3) is 0 Å². The quantitative estimate of drug-likeness (QED) is 0.740. The van der Waals surface area contributed by atoms with Gasteiger partial charge in [0.2, 0.25) is 5.91 Å². The van der Waals surface area contributed by atoms with Gasteiger partial charge in [0, 0.05) is 50.8 Å². The number of rotatable bonds is 5. The van der Waals surface area contributed by atoms with Crippen LogP contribution in [0, 0.1) is 5.92 Å². The zero-order valence-electron chi connectivity index (χ0n) is 18.5. The first-order chi connectivity index (χ1) is 15.6. The lowest BCUT2D eigenvalue weighted by molar-refractivity contribution is -0.137. The van der Waals surface area contributed by atoms with E-state index in [1.807, 2.05) is 0 Å². The van der Waals surface area contributed by atoms with Gasteiger partial charge in [-0.2, -0.15) is 13.2 Å². The molecular formula is C24H26F3N3O3. The highest BCUT2D eigenvalue weighted by atomic mass is 19.4. The van der Waals surface area contributed by atoms with Crippen molar-refractivity contribution in [2.45, 2.75) is 25.6 Å². The zero-order chi connectivity index (χ0) is 24.2. The second kappa shape index (κ2) is 10.1. The zero-order valence-corrected chi connectivity index (χ0v) is 18.5. The molecule has 0 atom stereocenters. The number of nitrogens with zero attached hydrogens (tertiary/aromatic N) is 2. The number of nitrogens with one attached hydrogen (secondary N) is 1. The smallest absolute Gasteiger partial charge is 0.352 e. The minimum atomic E-state index is -4.45. The molecule has 2 aromatic carbocycles. The van der Waals surface area contributed by atoms with Gasteiger partial charge in [-0.3, -0.25) is 14.4 Å². The monoisotopic (exact) mass is 461 g/mol. The molecule has 0 spiro atoms. The average Bonchev–Trinajstić information content (AvgIpc) is 2.81. The highest BCUT2D eigenvalue weighted by Crippen LogP contribution is 2.29. The molecule has 0 aliphatic carbocycles. The number of carbonyl (C=O) groups is 3. The molecule has 3 rings (SSSR count). The molecule has 2 aromatic rings. The van der Waals surface area contributed by atoms with Gasteiger partial charge in [-0.15, -0.1) is 0 Å². The second-order valence-corrected chi connectivity index (χ2v) is 8.26. The maximum absolute atomic E-state index is 12.7. The van der Waals surface area contributed by atoms with Crippen molar-refractivity contribution >= 4 is 17.7 Å². The summed E-state index contributed by atoms with van der Waals surface area (Å²) in [6, 6.07) is 11.2. The first kappa shape index (κ1) is 24.3. The predicted octanol–water partition coefficient (Wildman–Crippen LogP) is 3.58. The van der Waals surface area contributed by atoms with Crippen LogP contribution in [0.2, 0.25) is 0 Å². The fourth-order valence-corrected chi connectivity index (χ4v) is 3.69. The van der Waals surface area contributed by atoms with Gasteiger partial charge in [0.1, 0.15) is 0 Å². The first-order valence-corrected chi connectivity index (χ1v) is 10.6. The number of amides is 3. The van der Waals surface area contributed by atoms with Gasteiger partial charge < -0.3 is 15.1 Å². The van der Waals surface area contributed by atoms with E-state index in [0.717, 1.165) is 17.7 Å². The maximum Gasteiger partial charge on any atom is 0.416 e. The molecule has 0 radical (unpaired) electrons. The van der Waals surface area contributed by atoms with Crippen molar-refractivity contribution in [1.82, 2.24) is 15.1 Å². The Kier molecular flexibility index (Phi) is 7.40. The number of hydrogen-bond donors (Lipinski definition) is 1. The minimum Gasteiger partial charge on any atom is -0.352 e. The highest BCUT2D eigenvalue weighted by Gasteiger charge is 2.31. The van der Waals surface area contributed by atoms with Gasteiger partial charge in [0.25, 0.3) is 11.8 Å². The molecule has 1 heterocycles. The molecule has 0 bridgehead atoms. The van der Waals surface area contributed by atoms with E-state index in [1.54, 1.807) is 43.3 Å². The molecule has 1 fully saturated rings. The summed E-state index contributed by atoms with van der Waals surface area (Å²) in [6.07, 6.45) is -3.48. The standard InChI is InChI=1S/C24H26F3N3O3/c1-29(2)22(32)18-5-3-16(4-6-18)15-28-21(31)17-11-13-30(14-12-17)23(33)19-7-9-20(10-8-19)24(25,26)27/h3-10,17H,11-15H2,1-2H3,(H,28,31). The second-order valence-electron chi connectivity index (χ2n) is 8.26. The van der Waals surface area contributed by atoms with Crippen LogP contribution in [0.15, 0.2) is 48.5 Å². The van der Waals surface area contributed by atoms with Crippen LogP contribution in [0.5, 0.6) is 0 Å². The van der Waals surface area contributed by atoms with Gasteiger partial charge in [-0.05, 0) is 54.8 Å². The van der Waals surface area contributed by atoms with E-state index < -0.39 is 11.7 Å². The third kappa shape index (κ3) is 6.12. The molecule has 6 nitrogen and oxygen atoms in total. The SMILES string of the molecule is CN(C)C(=O)c1ccc(CNC(=O)C2CCN(C(=O)c3ccc(C(F)(F)F)cc3)CC2)cc1. The average molecular weight is 461 g/mol. The van der Waals surface area contributed by atoms with E-state index in [2.05, 4.69) is 5.32 Å². The molecule has 1 aliphatic heterocycles. The van der Waals surface area contributed by atoms with E-state index in [4.69, 9.17) is 0 Å². The fourth-order valence-electron chi connectivity index (χ4n) is 3.69. The topological polar surface area (TPSA) is 69.7 Å². The lowest BCUT2D eigenvalue weighted by Gasteiger charge is -2.31. The normalized spacial score (nSPS) is 14.6. The van der Waals surface area contributed by atoms with Gasteiger partial charge >= 0.3 is 6.18 Å². The summed E-state index contributed by atoms with van der Waals surface area (Å²) in [5.74, 6) is -0.778. The van der Waals surface area contributed by atoms with Gasteiger partial charge in [0.15, 0.2) is 0 Å². The van der Waals surface area contributed by atoms with E-state index in [-0.39, 0.29) is 29.2 Å². The third-order valence-corrected chi connectivity index (χ3v) is 5.69. The molecular weight excluding hydrogens is 435 g/mol. The lowest BCUT2D eigenvalue weighted by Crippen LogP contribution is -2.42. The Bertz CT molecular complexity index is 994. The number of likely N-dealkylation sites (tertiary alicyclic amines) is 1. The summed E-state index contributed by atoms with van der Waals surface area (Å²) in [5.41, 5.74) is 0.837. The molecule has 1 N–H and O–H groups in total. The summed E-state index contributed by atoms with van der Waals surface area (Å²) in [6.45, 7) is 1.05. The molecule has 1 saturated heterocycles. The summed E-state index contributed by atoms with van der Waals surface area (Å²) in [4.78, 5) is 40.1. The maximum atomic E-state index is 12.7. The molecule has 3 amide bonds. The number of alkyl halides is 3. The van der Waals surface area contributed by atoms with Crippen LogP contribution < -0.4 is 5.32 Å².